The Labute approximate surface area is 168 Å². The molecule has 14 heteroatoms. The van der Waals surface area contributed by atoms with Crippen molar-refractivity contribution in [1.29, 1.82) is 0 Å². The number of halogens is 6. The van der Waals surface area contributed by atoms with Crippen LogP contribution >= 0.6 is 0 Å². The van der Waals surface area contributed by atoms with Gasteiger partial charge in [0.05, 0.1) is 27.4 Å². The lowest BCUT2D eigenvalue weighted by atomic mass is 10.2. The second-order valence-corrected chi connectivity index (χ2v) is 9.55. The predicted molar refractivity (Wildman–Crippen MR) is 92.4 cm³/mol. The number of sulfone groups is 1. The summed E-state index contributed by atoms with van der Waals surface area (Å²) in [6, 6.07) is 3.12. The molecule has 30 heavy (non-hydrogen) atoms. The molecule has 3 rings (SSSR count). The Morgan fingerprint density at radius 1 is 1.13 bits per heavy atom. The molecule has 2 aromatic heterocycles. The highest BCUT2D eigenvalue weighted by molar-refractivity contribution is 7.92. The number of hydrogen-bond acceptors (Lipinski definition) is 6. The van der Waals surface area contributed by atoms with Crippen LogP contribution < -0.4 is 0 Å². The molecule has 1 atom stereocenters. The van der Waals surface area contributed by atoms with Crippen LogP contribution in [-0.2, 0) is 27.2 Å². The molecule has 3 aromatic rings. The molecule has 0 spiro atoms. The van der Waals surface area contributed by atoms with Crippen molar-refractivity contribution in [3.8, 4) is 11.6 Å². The Balaban J connectivity index is 2.18. The number of benzene rings is 1. The zero-order valence-corrected chi connectivity index (χ0v) is 16.3. The minimum atomic E-state index is -5.02. The number of oxazole rings is 1. The standard InChI is InChI=1S/C16H10F6N2O4S2/c1-2-30(26,27)12-5-8(15(17,18)19)7-23-13(12)14-24-10-6-9(3-4-11(10)28-14)29(25)16(20,21)22/h3-7H,2H2,1H3. The van der Waals surface area contributed by atoms with Gasteiger partial charge in [0, 0.05) is 12.3 Å². The Morgan fingerprint density at radius 2 is 1.80 bits per heavy atom. The van der Waals surface area contributed by atoms with Crippen LogP contribution in [-0.4, -0.2) is 34.2 Å². The molecular formula is C16H10F6N2O4S2. The van der Waals surface area contributed by atoms with E-state index < -0.39 is 65.4 Å². The molecule has 162 valence electrons. The van der Waals surface area contributed by atoms with E-state index in [1.807, 2.05) is 0 Å². The first-order valence-electron chi connectivity index (χ1n) is 7.93. The number of aromatic nitrogens is 2. The van der Waals surface area contributed by atoms with E-state index in [-0.39, 0.29) is 11.1 Å². The molecule has 0 radical (unpaired) electrons. The van der Waals surface area contributed by atoms with Gasteiger partial charge in [0.25, 0.3) is 0 Å². The van der Waals surface area contributed by atoms with E-state index in [9.17, 15) is 39.3 Å². The van der Waals surface area contributed by atoms with Crippen molar-refractivity contribution in [2.24, 2.45) is 0 Å². The average Bonchev–Trinajstić information content (AvgIpc) is 3.08. The SMILES string of the molecule is CCS(=O)(=O)c1cc(C(F)(F)F)cnc1-c1nc2cc([S+]([O-])C(F)(F)F)ccc2o1. The van der Waals surface area contributed by atoms with Gasteiger partial charge in [-0.25, -0.2) is 18.4 Å². The number of alkyl halides is 6. The van der Waals surface area contributed by atoms with Crippen LogP contribution in [0.4, 0.5) is 26.3 Å². The molecule has 1 unspecified atom stereocenters. The van der Waals surface area contributed by atoms with Crippen molar-refractivity contribution in [3.63, 3.8) is 0 Å². The van der Waals surface area contributed by atoms with Gasteiger partial charge in [-0.15, -0.1) is 13.2 Å². The monoisotopic (exact) mass is 472 g/mol. The molecular weight excluding hydrogens is 462 g/mol. The number of pyridine rings is 1. The second-order valence-electron chi connectivity index (χ2n) is 5.83. The first-order chi connectivity index (χ1) is 13.7. The summed E-state index contributed by atoms with van der Waals surface area (Å²) in [4.78, 5) is 5.94. The van der Waals surface area contributed by atoms with Gasteiger partial charge in [0.1, 0.15) is 11.2 Å². The van der Waals surface area contributed by atoms with E-state index in [4.69, 9.17) is 4.42 Å². The number of fused-ring (bicyclic) bond motifs is 1. The van der Waals surface area contributed by atoms with Crippen molar-refractivity contribution in [2.75, 3.05) is 5.75 Å². The maximum absolute atomic E-state index is 13.0. The highest BCUT2D eigenvalue weighted by Gasteiger charge is 2.46. The summed E-state index contributed by atoms with van der Waals surface area (Å²) in [5.74, 6) is -1.06. The summed E-state index contributed by atoms with van der Waals surface area (Å²) in [6.07, 6.45) is -4.47. The molecule has 1 aromatic carbocycles. The third kappa shape index (κ3) is 4.25. The van der Waals surface area contributed by atoms with Crippen LogP contribution in [0.3, 0.4) is 0 Å². The van der Waals surface area contributed by atoms with Crippen LogP contribution in [0.25, 0.3) is 22.7 Å². The third-order valence-corrected chi connectivity index (χ3v) is 6.72. The highest BCUT2D eigenvalue weighted by Crippen LogP contribution is 2.36. The van der Waals surface area contributed by atoms with Gasteiger partial charge >= 0.3 is 11.7 Å². The zero-order chi connectivity index (χ0) is 22.5. The fraction of sp³-hybridized carbons (Fsp3) is 0.250. The minimum Gasteiger partial charge on any atom is -0.604 e. The van der Waals surface area contributed by atoms with Crippen molar-refractivity contribution >= 4 is 32.1 Å². The smallest absolute Gasteiger partial charge is 0.578 e. The average molecular weight is 472 g/mol. The summed E-state index contributed by atoms with van der Waals surface area (Å²) < 4.78 is 118. The summed E-state index contributed by atoms with van der Waals surface area (Å²) in [5, 5.41) is 0. The van der Waals surface area contributed by atoms with E-state index in [2.05, 4.69) is 9.97 Å². The molecule has 6 nitrogen and oxygen atoms in total. The van der Waals surface area contributed by atoms with Crippen LogP contribution in [0.2, 0.25) is 0 Å². The van der Waals surface area contributed by atoms with E-state index in [0.29, 0.717) is 12.3 Å². The quantitative estimate of drug-likeness (QED) is 0.414. The lowest BCUT2D eigenvalue weighted by Crippen LogP contribution is -2.23. The summed E-state index contributed by atoms with van der Waals surface area (Å²) in [5.41, 5.74) is -7.16. The summed E-state index contributed by atoms with van der Waals surface area (Å²) >= 11 is -3.34. The molecule has 0 fully saturated rings. The van der Waals surface area contributed by atoms with Gasteiger partial charge in [-0.1, -0.05) is 6.92 Å². The van der Waals surface area contributed by atoms with Crippen LogP contribution in [0.1, 0.15) is 12.5 Å². The second kappa shape index (κ2) is 7.42. The molecule has 0 bridgehead atoms. The van der Waals surface area contributed by atoms with Crippen molar-refractivity contribution < 1.29 is 43.7 Å². The molecule has 2 heterocycles. The topological polar surface area (TPSA) is 96.1 Å². The molecule has 0 aliphatic carbocycles. The lowest BCUT2D eigenvalue weighted by molar-refractivity contribution is -0.138. The fourth-order valence-corrected chi connectivity index (χ4v) is 4.14. The normalized spacial score (nSPS) is 14.3. The van der Waals surface area contributed by atoms with Crippen LogP contribution in [0, 0.1) is 0 Å². The van der Waals surface area contributed by atoms with Crippen molar-refractivity contribution in [1.82, 2.24) is 9.97 Å². The predicted octanol–water partition coefficient (Wildman–Crippen LogP) is 4.33. The zero-order valence-electron chi connectivity index (χ0n) is 14.7. The number of rotatable bonds is 4. The Hall–Kier alpha value is -2.32. The van der Waals surface area contributed by atoms with Crippen molar-refractivity contribution in [2.45, 2.75) is 28.4 Å². The minimum absolute atomic E-state index is 0.102. The molecule has 0 aliphatic rings. The van der Waals surface area contributed by atoms with E-state index in [1.165, 1.54) is 6.92 Å². The van der Waals surface area contributed by atoms with E-state index in [0.717, 1.165) is 18.2 Å². The van der Waals surface area contributed by atoms with E-state index in [1.54, 1.807) is 0 Å². The van der Waals surface area contributed by atoms with Crippen molar-refractivity contribution in [3.05, 3.63) is 36.0 Å². The van der Waals surface area contributed by atoms with Gasteiger partial charge in [-0.2, -0.15) is 13.2 Å². The summed E-state index contributed by atoms with van der Waals surface area (Å²) in [6.45, 7) is 1.21. The van der Waals surface area contributed by atoms with Crippen LogP contribution in [0.15, 0.2) is 44.7 Å². The molecule has 0 aliphatic heterocycles. The van der Waals surface area contributed by atoms with Gasteiger partial charge in [-0.3, -0.25) is 0 Å². The van der Waals surface area contributed by atoms with Gasteiger partial charge in [0.2, 0.25) is 5.89 Å². The van der Waals surface area contributed by atoms with Crippen LogP contribution in [0.5, 0.6) is 0 Å². The molecule has 0 N–H and O–H groups in total. The molecule has 0 amide bonds. The molecule has 0 saturated heterocycles. The van der Waals surface area contributed by atoms with Gasteiger partial charge < -0.3 is 8.97 Å². The number of hydrogen-bond donors (Lipinski definition) is 0. The Morgan fingerprint density at radius 3 is 2.37 bits per heavy atom. The Bertz CT molecular complexity index is 1200. The van der Waals surface area contributed by atoms with Gasteiger partial charge in [0.15, 0.2) is 20.3 Å². The maximum atomic E-state index is 13.0. The van der Waals surface area contributed by atoms with E-state index >= 15 is 0 Å². The maximum Gasteiger partial charge on any atom is 0.578 e. The Kier molecular flexibility index (Phi) is 5.54. The third-order valence-electron chi connectivity index (χ3n) is 3.88. The highest BCUT2D eigenvalue weighted by atomic mass is 32.2. The fourth-order valence-electron chi connectivity index (χ4n) is 2.41. The summed E-state index contributed by atoms with van der Waals surface area (Å²) in [7, 11) is -4.20. The largest absolute Gasteiger partial charge is 0.604 e. The first kappa shape index (κ1) is 22.4. The molecule has 0 saturated carbocycles. The van der Waals surface area contributed by atoms with Gasteiger partial charge in [-0.05, 0) is 18.2 Å². The lowest BCUT2D eigenvalue weighted by Gasteiger charge is -2.11. The number of nitrogens with zero attached hydrogens (tertiary/aromatic N) is 2. The first-order valence-corrected chi connectivity index (χ1v) is 10.7.